The number of aromatic nitrogens is 1. The van der Waals surface area contributed by atoms with Gasteiger partial charge in [-0.3, -0.25) is 4.98 Å². The Labute approximate surface area is 265 Å². The third kappa shape index (κ3) is 8.48. The summed E-state index contributed by atoms with van der Waals surface area (Å²) < 4.78 is 18.6. The summed E-state index contributed by atoms with van der Waals surface area (Å²) in [6.07, 6.45) is 4.64. The van der Waals surface area contributed by atoms with Gasteiger partial charge in [0.05, 0.1) is 32.5 Å². The highest BCUT2D eigenvalue weighted by atomic mass is 32.2. The van der Waals surface area contributed by atoms with Crippen LogP contribution in [0, 0.1) is 5.92 Å². The van der Waals surface area contributed by atoms with Gasteiger partial charge in [-0.2, -0.15) is 0 Å². The number of nitrogens with one attached hydrogen (secondary N) is 1. The number of hydrogen-bond donors (Lipinski definition) is 1. The lowest BCUT2D eigenvalue weighted by molar-refractivity contribution is -0.00264. The molecule has 0 amide bonds. The lowest BCUT2D eigenvalue weighted by Crippen LogP contribution is -2.47. The van der Waals surface area contributed by atoms with Gasteiger partial charge in [-0.25, -0.2) is 0 Å². The minimum absolute atomic E-state index is 0.0618. The first-order valence-corrected chi connectivity index (χ1v) is 16.5. The van der Waals surface area contributed by atoms with E-state index in [4.69, 9.17) is 14.2 Å². The van der Waals surface area contributed by atoms with E-state index in [9.17, 15) is 0 Å². The third-order valence-corrected chi connectivity index (χ3v) is 9.33. The van der Waals surface area contributed by atoms with Crippen molar-refractivity contribution < 1.29 is 14.2 Å². The number of nitrogens with zero attached hydrogens (tertiary/aromatic N) is 1. The minimum Gasteiger partial charge on any atom is -0.494 e. The van der Waals surface area contributed by atoms with Gasteiger partial charge < -0.3 is 19.5 Å². The molecule has 1 saturated heterocycles. The summed E-state index contributed by atoms with van der Waals surface area (Å²) in [5.41, 5.74) is 3.69. The van der Waals surface area contributed by atoms with Crippen molar-refractivity contribution in [2.45, 2.75) is 36.6 Å². The van der Waals surface area contributed by atoms with Crippen molar-refractivity contribution in [3.8, 4) is 5.75 Å². The topological polar surface area (TPSA) is 52.6 Å². The zero-order chi connectivity index (χ0) is 29.8. The Morgan fingerprint density at radius 3 is 2.36 bits per heavy atom. The Morgan fingerprint density at radius 1 is 0.727 bits per heavy atom. The number of ether oxygens (including phenoxy) is 3. The van der Waals surface area contributed by atoms with Crippen LogP contribution in [0.4, 0.5) is 0 Å². The monoisotopic (exact) mass is 604 g/mol. The number of rotatable bonds is 14. The molecule has 1 N–H and O–H groups in total. The summed E-state index contributed by atoms with van der Waals surface area (Å²) in [6.45, 7) is 4.32. The molecule has 6 rings (SSSR count). The van der Waals surface area contributed by atoms with E-state index in [-0.39, 0.29) is 12.0 Å². The fraction of sp³-hybridized carbons (Fsp3) is 0.289. The van der Waals surface area contributed by atoms with E-state index >= 15 is 0 Å². The average molecular weight is 605 g/mol. The standard InChI is InChI=1S/C38H40N2O3S/c1-2-7-29(8-3-1)26-41-21-6-22-42-35-15-13-32(14-16-35)38-34(28-44-36-17-19-39-20-18-36)24-40-25-37(38)43-27-30-11-12-31-9-4-5-10-33(31)23-30/h1-5,7-20,23,34,37-38,40H,6,21-22,24-28H2/t34-,37-,38-/m1/s1. The van der Waals surface area contributed by atoms with Gasteiger partial charge in [0, 0.05) is 41.9 Å². The second-order valence-corrected chi connectivity index (χ2v) is 12.4. The Morgan fingerprint density at radius 2 is 1.52 bits per heavy atom. The van der Waals surface area contributed by atoms with Gasteiger partial charge in [0.15, 0.2) is 0 Å². The molecule has 0 spiro atoms. The molecule has 1 fully saturated rings. The van der Waals surface area contributed by atoms with E-state index in [1.165, 1.54) is 32.4 Å². The summed E-state index contributed by atoms with van der Waals surface area (Å²) in [5.74, 6) is 2.57. The van der Waals surface area contributed by atoms with Crippen molar-refractivity contribution in [1.82, 2.24) is 10.3 Å². The Hall–Kier alpha value is -3.68. The molecular weight excluding hydrogens is 564 g/mol. The van der Waals surface area contributed by atoms with E-state index in [1.807, 2.05) is 42.4 Å². The predicted octanol–water partition coefficient (Wildman–Crippen LogP) is 7.90. The van der Waals surface area contributed by atoms with E-state index in [0.29, 0.717) is 32.3 Å². The maximum atomic E-state index is 6.70. The van der Waals surface area contributed by atoms with Crippen molar-refractivity contribution >= 4 is 22.5 Å². The molecule has 1 aliphatic rings. The van der Waals surface area contributed by atoms with Crippen molar-refractivity contribution in [3.63, 3.8) is 0 Å². The zero-order valence-corrected chi connectivity index (χ0v) is 25.8. The second kappa shape index (κ2) is 15.9. The van der Waals surface area contributed by atoms with E-state index < -0.39 is 0 Å². The first-order valence-electron chi connectivity index (χ1n) is 15.5. The summed E-state index contributed by atoms with van der Waals surface area (Å²) in [6, 6.07) is 38.2. The molecule has 5 nitrogen and oxygen atoms in total. The van der Waals surface area contributed by atoms with Gasteiger partial charge >= 0.3 is 0 Å². The predicted molar refractivity (Wildman–Crippen MR) is 179 cm³/mol. The summed E-state index contributed by atoms with van der Waals surface area (Å²) in [5, 5.41) is 6.17. The van der Waals surface area contributed by atoms with Gasteiger partial charge in [0.1, 0.15) is 5.75 Å². The van der Waals surface area contributed by atoms with E-state index in [0.717, 1.165) is 31.0 Å². The minimum atomic E-state index is 0.0618. The largest absolute Gasteiger partial charge is 0.494 e. The number of fused-ring (bicyclic) bond motifs is 1. The van der Waals surface area contributed by atoms with Crippen LogP contribution in [0.1, 0.15) is 29.0 Å². The first-order chi connectivity index (χ1) is 21.8. The van der Waals surface area contributed by atoms with Crippen LogP contribution in [0.25, 0.3) is 10.8 Å². The SMILES string of the molecule is c1ccc(COCCCOc2ccc([C@@H]3[C@@H](CSc4ccncc4)CNC[C@H]3OCc3ccc4ccccc4c3)cc2)cc1. The van der Waals surface area contributed by atoms with Crippen LogP contribution < -0.4 is 10.1 Å². The molecule has 0 saturated carbocycles. The molecule has 6 heteroatoms. The van der Waals surface area contributed by atoms with Gasteiger partial charge in [-0.15, -0.1) is 11.8 Å². The zero-order valence-electron chi connectivity index (χ0n) is 25.0. The Balaban J connectivity index is 1.08. The normalized spacial score (nSPS) is 18.3. The van der Waals surface area contributed by atoms with Crippen molar-refractivity contribution in [3.05, 3.63) is 138 Å². The fourth-order valence-electron chi connectivity index (χ4n) is 5.85. The smallest absolute Gasteiger partial charge is 0.119 e. The summed E-state index contributed by atoms with van der Waals surface area (Å²) in [7, 11) is 0. The lowest BCUT2D eigenvalue weighted by Gasteiger charge is -2.39. The molecule has 4 aromatic carbocycles. The number of pyridine rings is 1. The Bertz CT molecular complexity index is 1570. The maximum absolute atomic E-state index is 6.70. The molecule has 3 atom stereocenters. The number of hydrogen-bond acceptors (Lipinski definition) is 6. The number of benzene rings is 4. The Kier molecular flexibility index (Phi) is 10.9. The summed E-state index contributed by atoms with van der Waals surface area (Å²) in [4.78, 5) is 5.42. The van der Waals surface area contributed by atoms with Crippen LogP contribution in [-0.2, 0) is 22.7 Å². The molecule has 1 aromatic heterocycles. The van der Waals surface area contributed by atoms with E-state index in [1.54, 1.807) is 0 Å². The van der Waals surface area contributed by atoms with Crippen LogP contribution in [-0.4, -0.2) is 43.1 Å². The second-order valence-electron chi connectivity index (χ2n) is 11.3. The van der Waals surface area contributed by atoms with Crippen molar-refractivity contribution in [2.75, 3.05) is 32.1 Å². The van der Waals surface area contributed by atoms with Crippen LogP contribution in [0.3, 0.4) is 0 Å². The molecule has 44 heavy (non-hydrogen) atoms. The average Bonchev–Trinajstić information content (AvgIpc) is 3.09. The highest BCUT2D eigenvalue weighted by Gasteiger charge is 2.35. The molecule has 0 aliphatic carbocycles. The first kappa shape index (κ1) is 30.4. The van der Waals surface area contributed by atoms with Crippen molar-refractivity contribution in [1.29, 1.82) is 0 Å². The summed E-state index contributed by atoms with van der Waals surface area (Å²) >= 11 is 1.89. The number of piperidine rings is 1. The molecule has 1 aliphatic heterocycles. The number of thioether (sulfide) groups is 1. The van der Waals surface area contributed by atoms with Crippen LogP contribution in [0.15, 0.2) is 126 Å². The highest BCUT2D eigenvalue weighted by molar-refractivity contribution is 7.99. The fourth-order valence-corrected chi connectivity index (χ4v) is 6.90. The van der Waals surface area contributed by atoms with Crippen LogP contribution in [0.2, 0.25) is 0 Å². The van der Waals surface area contributed by atoms with Crippen molar-refractivity contribution in [2.24, 2.45) is 5.92 Å². The molecule has 5 aromatic rings. The highest BCUT2D eigenvalue weighted by Crippen LogP contribution is 2.37. The molecule has 0 bridgehead atoms. The van der Waals surface area contributed by atoms with Gasteiger partial charge in [0.25, 0.3) is 0 Å². The quantitative estimate of drug-likeness (QED) is 0.103. The lowest BCUT2D eigenvalue weighted by atomic mass is 9.80. The molecular formula is C38H40N2O3S. The van der Waals surface area contributed by atoms with Gasteiger partial charge in [0.2, 0.25) is 0 Å². The molecule has 226 valence electrons. The molecule has 0 unspecified atom stereocenters. The van der Waals surface area contributed by atoms with Gasteiger partial charge in [-0.1, -0.05) is 78.9 Å². The van der Waals surface area contributed by atoms with Crippen LogP contribution >= 0.6 is 11.8 Å². The molecule has 0 radical (unpaired) electrons. The molecule has 2 heterocycles. The van der Waals surface area contributed by atoms with Gasteiger partial charge in [-0.05, 0) is 70.3 Å². The maximum Gasteiger partial charge on any atom is 0.119 e. The third-order valence-electron chi connectivity index (χ3n) is 8.13. The van der Waals surface area contributed by atoms with E-state index in [2.05, 4.69) is 101 Å². The van der Waals surface area contributed by atoms with Crippen LogP contribution in [0.5, 0.6) is 5.75 Å².